The van der Waals surface area contributed by atoms with E-state index in [0.717, 1.165) is 36.5 Å². The molecule has 0 aliphatic carbocycles. The fourth-order valence-corrected chi connectivity index (χ4v) is 3.46. The highest BCUT2D eigenvalue weighted by Gasteiger charge is 2.31. The Labute approximate surface area is 127 Å². The van der Waals surface area contributed by atoms with Gasteiger partial charge in [-0.05, 0) is 49.3 Å². The molecule has 2 rings (SSSR count). The quantitative estimate of drug-likeness (QED) is 0.857. The Hall–Kier alpha value is -1.11. The number of hydrogen-bond donors (Lipinski definition) is 2. The Bertz CT molecular complexity index is 459. The number of hydrogen-bond acceptors (Lipinski definition) is 4. The second-order valence-corrected chi connectivity index (χ2v) is 6.32. The van der Waals surface area contributed by atoms with E-state index in [9.17, 15) is 13.2 Å². The zero-order valence-corrected chi connectivity index (χ0v) is 12.8. The predicted molar refractivity (Wildman–Crippen MR) is 81.9 cm³/mol. The van der Waals surface area contributed by atoms with Crippen LogP contribution in [0.25, 0.3) is 0 Å². The van der Waals surface area contributed by atoms with Gasteiger partial charge in [0.15, 0.2) is 0 Å². The molecule has 0 bridgehead atoms. The van der Waals surface area contributed by atoms with Crippen molar-refractivity contribution < 1.29 is 13.2 Å². The maximum atomic E-state index is 12.9. The third kappa shape index (κ3) is 4.98. The molecule has 3 nitrogen and oxygen atoms in total. The third-order valence-corrected chi connectivity index (χ3v) is 4.47. The van der Waals surface area contributed by atoms with Gasteiger partial charge in [0.1, 0.15) is 11.6 Å². The topological polar surface area (TPSA) is 37.0 Å². The van der Waals surface area contributed by atoms with Crippen molar-refractivity contribution in [3.63, 3.8) is 0 Å². The fourth-order valence-electron chi connectivity index (χ4n) is 2.26. The van der Waals surface area contributed by atoms with E-state index < -0.39 is 11.7 Å². The number of aromatic nitrogens is 1. The first-order valence-electron chi connectivity index (χ1n) is 7.14. The molecule has 1 aromatic heterocycles. The second-order valence-electron chi connectivity index (χ2n) is 5.09. The van der Waals surface area contributed by atoms with Crippen LogP contribution in [0, 0.1) is 5.92 Å². The molecule has 1 aromatic rings. The normalized spacial score (nSPS) is 16.8. The van der Waals surface area contributed by atoms with Gasteiger partial charge < -0.3 is 10.6 Å². The molecule has 118 valence electrons. The number of anilines is 2. The molecule has 0 aromatic carbocycles. The average Bonchev–Trinajstić information content (AvgIpc) is 2.45. The van der Waals surface area contributed by atoms with Gasteiger partial charge in [-0.2, -0.15) is 24.9 Å². The summed E-state index contributed by atoms with van der Waals surface area (Å²) in [4.78, 5) is 4.19. The molecule has 1 fully saturated rings. The Balaban J connectivity index is 2.07. The van der Waals surface area contributed by atoms with E-state index in [1.54, 1.807) is 0 Å². The van der Waals surface area contributed by atoms with Crippen LogP contribution in [0.5, 0.6) is 0 Å². The minimum Gasteiger partial charge on any atom is -0.370 e. The molecular weight excluding hydrogens is 299 g/mol. The maximum Gasteiger partial charge on any atom is 0.416 e. The first kappa shape index (κ1) is 16.3. The number of alkyl halides is 3. The summed E-state index contributed by atoms with van der Waals surface area (Å²) in [5.74, 6) is 3.33. The molecule has 0 radical (unpaired) electrons. The van der Waals surface area contributed by atoms with Gasteiger partial charge in [0, 0.05) is 13.1 Å². The Kier molecular flexibility index (Phi) is 5.61. The summed E-state index contributed by atoms with van der Waals surface area (Å²) in [6.07, 6.45) is -2.14. The highest BCUT2D eigenvalue weighted by Crippen LogP contribution is 2.32. The summed E-state index contributed by atoms with van der Waals surface area (Å²) in [6, 6.07) is 2.13. The monoisotopic (exact) mass is 319 g/mol. The Morgan fingerprint density at radius 1 is 1.19 bits per heavy atom. The van der Waals surface area contributed by atoms with Gasteiger partial charge in [0.25, 0.3) is 0 Å². The lowest BCUT2D eigenvalue weighted by atomic mass is 10.0. The van der Waals surface area contributed by atoms with E-state index in [0.29, 0.717) is 24.8 Å². The van der Waals surface area contributed by atoms with E-state index in [4.69, 9.17) is 0 Å². The zero-order chi connectivity index (χ0) is 15.3. The average molecular weight is 319 g/mol. The Morgan fingerprint density at radius 2 is 1.81 bits per heavy atom. The summed E-state index contributed by atoms with van der Waals surface area (Å²) >= 11 is 1.93. The lowest BCUT2D eigenvalue weighted by molar-refractivity contribution is -0.137. The van der Waals surface area contributed by atoms with Gasteiger partial charge in [0.2, 0.25) is 0 Å². The van der Waals surface area contributed by atoms with Gasteiger partial charge in [-0.25, -0.2) is 4.98 Å². The van der Waals surface area contributed by atoms with Crippen molar-refractivity contribution in [3.05, 3.63) is 17.7 Å². The molecule has 7 heteroatoms. The summed E-state index contributed by atoms with van der Waals surface area (Å²) in [5, 5.41) is 5.91. The zero-order valence-electron chi connectivity index (χ0n) is 12.0. The number of nitrogens with zero attached hydrogens (tertiary/aromatic N) is 1. The minimum absolute atomic E-state index is 0.258. The molecule has 0 saturated carbocycles. The molecule has 2 heterocycles. The van der Waals surface area contributed by atoms with Crippen molar-refractivity contribution in [2.45, 2.75) is 25.9 Å². The van der Waals surface area contributed by atoms with Crippen molar-refractivity contribution in [2.24, 2.45) is 5.92 Å². The molecule has 0 spiro atoms. The van der Waals surface area contributed by atoms with Gasteiger partial charge in [-0.15, -0.1) is 0 Å². The lowest BCUT2D eigenvalue weighted by Gasteiger charge is -2.22. The number of halogens is 3. The molecule has 1 saturated heterocycles. The van der Waals surface area contributed by atoms with E-state index >= 15 is 0 Å². The van der Waals surface area contributed by atoms with Crippen LogP contribution in [-0.4, -0.2) is 29.6 Å². The number of rotatable bonds is 5. The van der Waals surface area contributed by atoms with E-state index in [-0.39, 0.29) is 5.82 Å². The van der Waals surface area contributed by atoms with Gasteiger partial charge in [-0.3, -0.25) is 0 Å². The SMILES string of the molecule is CCNc1cc(C(F)(F)F)cc(NCC2CCSCC2)n1. The van der Waals surface area contributed by atoms with Gasteiger partial charge in [0.05, 0.1) is 5.56 Å². The Morgan fingerprint density at radius 3 is 2.38 bits per heavy atom. The molecule has 1 aliphatic rings. The highest BCUT2D eigenvalue weighted by molar-refractivity contribution is 7.99. The first-order chi connectivity index (χ1) is 9.99. The molecular formula is C14H20F3N3S. The molecule has 2 N–H and O–H groups in total. The maximum absolute atomic E-state index is 12.9. The van der Waals surface area contributed by atoms with Gasteiger partial charge >= 0.3 is 6.18 Å². The lowest BCUT2D eigenvalue weighted by Crippen LogP contribution is -2.20. The predicted octanol–water partition coefficient (Wildman–Crippen LogP) is 4.09. The van der Waals surface area contributed by atoms with Crippen LogP contribution in [0.3, 0.4) is 0 Å². The molecule has 1 aliphatic heterocycles. The largest absolute Gasteiger partial charge is 0.416 e. The molecule has 0 amide bonds. The van der Waals surface area contributed by atoms with E-state index in [2.05, 4.69) is 15.6 Å². The van der Waals surface area contributed by atoms with Crippen molar-refractivity contribution >= 4 is 23.4 Å². The third-order valence-electron chi connectivity index (χ3n) is 3.42. The number of nitrogens with one attached hydrogen (secondary N) is 2. The van der Waals surface area contributed by atoms with E-state index in [1.807, 2.05) is 18.7 Å². The molecule has 0 unspecified atom stereocenters. The summed E-state index contributed by atoms with van der Waals surface area (Å²) in [7, 11) is 0. The van der Waals surface area contributed by atoms with Crippen molar-refractivity contribution in [2.75, 3.05) is 35.2 Å². The fraction of sp³-hybridized carbons (Fsp3) is 0.643. The van der Waals surface area contributed by atoms with Crippen LogP contribution >= 0.6 is 11.8 Å². The second kappa shape index (κ2) is 7.24. The van der Waals surface area contributed by atoms with Crippen LogP contribution in [0.15, 0.2) is 12.1 Å². The number of pyridine rings is 1. The van der Waals surface area contributed by atoms with Crippen LogP contribution < -0.4 is 10.6 Å². The van der Waals surface area contributed by atoms with Crippen LogP contribution in [0.2, 0.25) is 0 Å². The van der Waals surface area contributed by atoms with Crippen LogP contribution in [-0.2, 0) is 6.18 Å². The summed E-state index contributed by atoms with van der Waals surface area (Å²) < 4.78 is 38.7. The minimum atomic E-state index is -4.36. The first-order valence-corrected chi connectivity index (χ1v) is 8.29. The van der Waals surface area contributed by atoms with Crippen LogP contribution in [0.4, 0.5) is 24.8 Å². The van der Waals surface area contributed by atoms with E-state index in [1.165, 1.54) is 0 Å². The van der Waals surface area contributed by atoms with Gasteiger partial charge in [-0.1, -0.05) is 0 Å². The van der Waals surface area contributed by atoms with Crippen molar-refractivity contribution in [1.82, 2.24) is 4.98 Å². The standard InChI is InChI=1S/C14H20F3N3S/c1-2-18-12-7-11(14(15,16)17)8-13(20-12)19-9-10-3-5-21-6-4-10/h7-8,10H,2-6,9H2,1H3,(H2,18,19,20). The van der Waals surface area contributed by atoms with Crippen molar-refractivity contribution in [1.29, 1.82) is 0 Å². The van der Waals surface area contributed by atoms with Crippen molar-refractivity contribution in [3.8, 4) is 0 Å². The smallest absolute Gasteiger partial charge is 0.370 e. The summed E-state index contributed by atoms with van der Waals surface area (Å²) in [6.45, 7) is 3.04. The summed E-state index contributed by atoms with van der Waals surface area (Å²) in [5.41, 5.74) is -0.671. The molecule has 0 atom stereocenters. The highest BCUT2D eigenvalue weighted by atomic mass is 32.2. The molecule has 21 heavy (non-hydrogen) atoms. The van der Waals surface area contributed by atoms with Crippen LogP contribution in [0.1, 0.15) is 25.3 Å². The number of thioether (sulfide) groups is 1.